The number of carbonyl (C=O) groups is 2. The lowest BCUT2D eigenvalue weighted by Crippen LogP contribution is -2.46. The highest BCUT2D eigenvalue weighted by Gasteiger charge is 2.41. The molecular weight excluding hydrogens is 210 g/mol. The van der Waals surface area contributed by atoms with Crippen molar-refractivity contribution in [3.05, 3.63) is 12.7 Å². The summed E-state index contributed by atoms with van der Waals surface area (Å²) in [5, 5.41) is 9.22. The van der Waals surface area contributed by atoms with E-state index in [4.69, 9.17) is 0 Å². The van der Waals surface area contributed by atoms with Gasteiger partial charge in [-0.25, -0.2) is 4.79 Å². The Kier molecular flexibility index (Phi) is 3.93. The number of carbonyl (C=O) groups excluding carboxylic acids is 1. The van der Waals surface area contributed by atoms with Crippen molar-refractivity contribution in [1.82, 2.24) is 4.90 Å². The highest BCUT2D eigenvalue weighted by atomic mass is 16.5. The van der Waals surface area contributed by atoms with E-state index < -0.39 is 17.5 Å². The lowest BCUT2D eigenvalue weighted by molar-refractivity contribution is -0.151. The smallest absolute Gasteiger partial charge is 0.409 e. The molecule has 0 radical (unpaired) electrons. The second-order valence-electron chi connectivity index (χ2n) is 4.04. The number of likely N-dealkylation sites (tertiary alicyclic amines) is 1. The van der Waals surface area contributed by atoms with E-state index in [2.05, 4.69) is 11.3 Å². The number of aliphatic carboxylic acids is 1. The van der Waals surface area contributed by atoms with Gasteiger partial charge >= 0.3 is 12.1 Å². The zero-order valence-corrected chi connectivity index (χ0v) is 9.44. The van der Waals surface area contributed by atoms with Crippen LogP contribution in [0.15, 0.2) is 12.7 Å². The number of amides is 1. The van der Waals surface area contributed by atoms with Crippen molar-refractivity contribution >= 4 is 12.1 Å². The van der Waals surface area contributed by atoms with Gasteiger partial charge in [0.15, 0.2) is 0 Å². The van der Waals surface area contributed by atoms with Crippen LogP contribution in [0, 0.1) is 5.41 Å². The van der Waals surface area contributed by atoms with Gasteiger partial charge in [-0.1, -0.05) is 6.08 Å². The van der Waals surface area contributed by atoms with Crippen LogP contribution in [0.4, 0.5) is 4.79 Å². The number of allylic oxidation sites excluding steroid dienone is 1. The molecule has 0 aromatic heterocycles. The zero-order valence-electron chi connectivity index (χ0n) is 9.44. The number of ether oxygens (including phenoxy) is 1. The molecule has 0 aromatic carbocycles. The van der Waals surface area contributed by atoms with Crippen LogP contribution in [0.2, 0.25) is 0 Å². The molecule has 1 rings (SSSR count). The molecule has 0 aliphatic carbocycles. The molecule has 0 aromatic rings. The number of hydrogen-bond acceptors (Lipinski definition) is 3. The van der Waals surface area contributed by atoms with Crippen molar-refractivity contribution in [3.63, 3.8) is 0 Å². The predicted molar refractivity (Wildman–Crippen MR) is 58.1 cm³/mol. The summed E-state index contributed by atoms with van der Waals surface area (Å²) in [6.07, 6.45) is 2.57. The third-order valence-corrected chi connectivity index (χ3v) is 3.14. The van der Waals surface area contributed by atoms with E-state index >= 15 is 0 Å². The van der Waals surface area contributed by atoms with E-state index in [0.717, 1.165) is 0 Å². The summed E-state index contributed by atoms with van der Waals surface area (Å²) >= 11 is 0. The SMILES string of the molecule is C=CCC1(C(=O)O)CCN(C(=O)OC)CC1. The Bertz CT molecular complexity index is 292. The molecule has 16 heavy (non-hydrogen) atoms. The first-order valence-electron chi connectivity index (χ1n) is 5.23. The molecule has 1 saturated heterocycles. The maximum Gasteiger partial charge on any atom is 0.409 e. The average molecular weight is 227 g/mol. The standard InChI is InChI=1S/C11H17NO4/c1-3-4-11(9(13)14)5-7-12(8-6-11)10(15)16-2/h3H,1,4-8H2,2H3,(H,13,14). The van der Waals surface area contributed by atoms with Crippen molar-refractivity contribution in [3.8, 4) is 0 Å². The lowest BCUT2D eigenvalue weighted by Gasteiger charge is -2.37. The average Bonchev–Trinajstić information content (AvgIpc) is 2.29. The minimum atomic E-state index is -0.808. The zero-order chi connectivity index (χ0) is 12.2. The summed E-state index contributed by atoms with van der Waals surface area (Å²) in [5.41, 5.74) is -0.758. The van der Waals surface area contributed by atoms with Crippen LogP contribution in [0.5, 0.6) is 0 Å². The second kappa shape index (κ2) is 5.01. The first-order valence-corrected chi connectivity index (χ1v) is 5.23. The molecule has 90 valence electrons. The molecule has 1 heterocycles. The molecule has 0 bridgehead atoms. The first kappa shape index (κ1) is 12.5. The minimum absolute atomic E-state index is 0.391. The van der Waals surface area contributed by atoms with Gasteiger partial charge in [-0.2, -0.15) is 0 Å². The molecular formula is C11H17NO4. The van der Waals surface area contributed by atoms with Crippen LogP contribution in [0.25, 0.3) is 0 Å². The number of rotatable bonds is 3. The van der Waals surface area contributed by atoms with E-state index in [1.807, 2.05) is 0 Å². The Morgan fingerprint density at radius 1 is 1.50 bits per heavy atom. The number of hydrogen-bond donors (Lipinski definition) is 1. The molecule has 0 spiro atoms. The molecule has 1 fully saturated rings. The number of nitrogens with zero attached hydrogens (tertiary/aromatic N) is 1. The van der Waals surface area contributed by atoms with Crippen molar-refractivity contribution in [2.75, 3.05) is 20.2 Å². The van der Waals surface area contributed by atoms with Gasteiger partial charge in [0.05, 0.1) is 12.5 Å². The van der Waals surface area contributed by atoms with Gasteiger partial charge in [-0.15, -0.1) is 6.58 Å². The maximum absolute atomic E-state index is 11.2. The Morgan fingerprint density at radius 2 is 2.06 bits per heavy atom. The van der Waals surface area contributed by atoms with Gasteiger partial charge in [0.25, 0.3) is 0 Å². The van der Waals surface area contributed by atoms with Crippen LogP contribution >= 0.6 is 0 Å². The van der Waals surface area contributed by atoms with Crippen LogP contribution in [-0.4, -0.2) is 42.3 Å². The largest absolute Gasteiger partial charge is 0.481 e. The normalized spacial score (nSPS) is 18.9. The molecule has 1 N–H and O–H groups in total. The first-order chi connectivity index (χ1) is 7.55. The van der Waals surface area contributed by atoms with Gasteiger partial charge in [-0.05, 0) is 19.3 Å². The van der Waals surface area contributed by atoms with Gasteiger partial charge in [0.2, 0.25) is 0 Å². The molecule has 1 amide bonds. The number of methoxy groups -OCH3 is 1. The topological polar surface area (TPSA) is 66.8 Å². The van der Waals surface area contributed by atoms with E-state index in [1.165, 1.54) is 12.0 Å². The van der Waals surface area contributed by atoms with Crippen LogP contribution in [0.3, 0.4) is 0 Å². The van der Waals surface area contributed by atoms with E-state index in [0.29, 0.717) is 32.4 Å². The fourth-order valence-corrected chi connectivity index (χ4v) is 2.03. The molecule has 5 nitrogen and oxygen atoms in total. The third kappa shape index (κ3) is 2.35. The summed E-state index contributed by atoms with van der Waals surface area (Å²) in [6, 6.07) is 0. The summed E-state index contributed by atoms with van der Waals surface area (Å²) in [5.74, 6) is -0.808. The van der Waals surface area contributed by atoms with Crippen LogP contribution < -0.4 is 0 Å². The fourth-order valence-electron chi connectivity index (χ4n) is 2.03. The minimum Gasteiger partial charge on any atom is -0.481 e. The lowest BCUT2D eigenvalue weighted by atomic mass is 9.76. The van der Waals surface area contributed by atoms with Crippen molar-refractivity contribution < 1.29 is 19.4 Å². The molecule has 0 unspecified atom stereocenters. The van der Waals surface area contributed by atoms with Gasteiger partial charge in [0.1, 0.15) is 0 Å². The monoisotopic (exact) mass is 227 g/mol. The number of carboxylic acids is 1. The fraction of sp³-hybridized carbons (Fsp3) is 0.636. The van der Waals surface area contributed by atoms with Crippen molar-refractivity contribution in [1.29, 1.82) is 0 Å². The Hall–Kier alpha value is -1.52. The van der Waals surface area contributed by atoms with E-state index in [-0.39, 0.29) is 0 Å². The highest BCUT2D eigenvalue weighted by Crippen LogP contribution is 2.35. The molecule has 0 saturated carbocycles. The number of carboxylic acid groups (broad SMARTS) is 1. The van der Waals surface area contributed by atoms with Crippen molar-refractivity contribution in [2.24, 2.45) is 5.41 Å². The summed E-state index contributed by atoms with van der Waals surface area (Å²) in [6.45, 7) is 4.43. The molecule has 0 atom stereocenters. The van der Waals surface area contributed by atoms with Gasteiger partial charge in [0, 0.05) is 13.1 Å². The molecule has 1 aliphatic rings. The van der Waals surface area contributed by atoms with Gasteiger partial charge < -0.3 is 14.7 Å². The Labute approximate surface area is 94.7 Å². The summed E-state index contributed by atoms with van der Waals surface area (Å²) < 4.78 is 4.60. The molecule has 5 heteroatoms. The Morgan fingerprint density at radius 3 is 2.44 bits per heavy atom. The van der Waals surface area contributed by atoms with E-state index in [9.17, 15) is 14.7 Å². The Balaban J connectivity index is 2.66. The molecule has 1 aliphatic heterocycles. The summed E-state index contributed by atoms with van der Waals surface area (Å²) in [4.78, 5) is 24.0. The van der Waals surface area contributed by atoms with Crippen LogP contribution in [0.1, 0.15) is 19.3 Å². The van der Waals surface area contributed by atoms with E-state index in [1.54, 1.807) is 6.08 Å². The maximum atomic E-state index is 11.2. The van der Waals surface area contributed by atoms with Gasteiger partial charge in [-0.3, -0.25) is 4.79 Å². The highest BCUT2D eigenvalue weighted by molar-refractivity contribution is 5.76. The third-order valence-electron chi connectivity index (χ3n) is 3.14. The summed E-state index contributed by atoms with van der Waals surface area (Å²) in [7, 11) is 1.32. The second-order valence-corrected chi connectivity index (χ2v) is 4.04. The van der Waals surface area contributed by atoms with Crippen LogP contribution in [-0.2, 0) is 9.53 Å². The number of piperidine rings is 1. The predicted octanol–water partition coefficient (Wildman–Crippen LogP) is 1.50. The quantitative estimate of drug-likeness (QED) is 0.742. The van der Waals surface area contributed by atoms with Crippen molar-refractivity contribution in [2.45, 2.75) is 19.3 Å².